The standard InChI is InChI=1S/C12H21N7O/c1-11(20)17-5-7-18(8-6-17)12(13-2)15-3-4-19-10-14-9-16-19/h9-10H,3-8H2,1-2H3,(H,13,15). The van der Waals surface area contributed by atoms with Crippen molar-refractivity contribution >= 4 is 11.9 Å². The molecule has 2 rings (SSSR count). The minimum Gasteiger partial charge on any atom is -0.354 e. The first-order valence-corrected chi connectivity index (χ1v) is 6.74. The number of carbonyl (C=O) groups is 1. The second-order valence-electron chi connectivity index (χ2n) is 4.63. The fourth-order valence-electron chi connectivity index (χ4n) is 2.20. The van der Waals surface area contributed by atoms with Crippen molar-refractivity contribution < 1.29 is 4.79 Å². The number of nitrogens with one attached hydrogen (secondary N) is 1. The summed E-state index contributed by atoms with van der Waals surface area (Å²) in [4.78, 5) is 23.5. The third-order valence-corrected chi connectivity index (χ3v) is 3.33. The molecule has 1 aromatic heterocycles. The van der Waals surface area contributed by atoms with Crippen LogP contribution in [0.4, 0.5) is 0 Å². The molecule has 1 amide bonds. The molecule has 8 nitrogen and oxygen atoms in total. The van der Waals surface area contributed by atoms with Crippen LogP contribution >= 0.6 is 0 Å². The van der Waals surface area contributed by atoms with Crippen LogP contribution in [0.15, 0.2) is 17.6 Å². The monoisotopic (exact) mass is 279 g/mol. The van der Waals surface area contributed by atoms with Crippen LogP contribution in [0.5, 0.6) is 0 Å². The van der Waals surface area contributed by atoms with E-state index in [4.69, 9.17) is 0 Å². The summed E-state index contributed by atoms with van der Waals surface area (Å²) in [5, 5.41) is 7.35. The molecule has 0 aromatic carbocycles. The largest absolute Gasteiger partial charge is 0.354 e. The van der Waals surface area contributed by atoms with Gasteiger partial charge in [0.25, 0.3) is 0 Å². The van der Waals surface area contributed by atoms with E-state index in [9.17, 15) is 4.79 Å². The Hall–Kier alpha value is -2.12. The van der Waals surface area contributed by atoms with Crippen LogP contribution in [0, 0.1) is 0 Å². The zero-order valence-electron chi connectivity index (χ0n) is 12.0. The van der Waals surface area contributed by atoms with Crippen LogP contribution in [0.25, 0.3) is 0 Å². The molecular weight excluding hydrogens is 258 g/mol. The van der Waals surface area contributed by atoms with Gasteiger partial charge in [-0.05, 0) is 0 Å². The molecule has 1 fully saturated rings. The van der Waals surface area contributed by atoms with E-state index < -0.39 is 0 Å². The zero-order valence-corrected chi connectivity index (χ0v) is 12.0. The smallest absolute Gasteiger partial charge is 0.219 e. The summed E-state index contributed by atoms with van der Waals surface area (Å²) in [5.41, 5.74) is 0. The fourth-order valence-corrected chi connectivity index (χ4v) is 2.20. The van der Waals surface area contributed by atoms with Crippen molar-refractivity contribution in [1.82, 2.24) is 29.9 Å². The van der Waals surface area contributed by atoms with Crippen LogP contribution in [-0.2, 0) is 11.3 Å². The van der Waals surface area contributed by atoms with Gasteiger partial charge in [-0.3, -0.25) is 14.5 Å². The van der Waals surface area contributed by atoms with Gasteiger partial charge in [-0.25, -0.2) is 4.98 Å². The van der Waals surface area contributed by atoms with Crippen molar-refractivity contribution in [2.75, 3.05) is 39.8 Å². The highest BCUT2D eigenvalue weighted by Gasteiger charge is 2.20. The van der Waals surface area contributed by atoms with E-state index in [0.29, 0.717) is 0 Å². The van der Waals surface area contributed by atoms with E-state index in [0.717, 1.165) is 45.2 Å². The van der Waals surface area contributed by atoms with Gasteiger partial charge in [0.05, 0.1) is 6.54 Å². The van der Waals surface area contributed by atoms with E-state index in [-0.39, 0.29) is 5.91 Å². The van der Waals surface area contributed by atoms with Crippen LogP contribution in [0.2, 0.25) is 0 Å². The Morgan fingerprint density at radius 1 is 1.30 bits per heavy atom. The molecule has 0 radical (unpaired) electrons. The molecule has 1 aliphatic rings. The lowest BCUT2D eigenvalue weighted by molar-refractivity contribution is -0.130. The molecule has 0 spiro atoms. The highest BCUT2D eigenvalue weighted by Crippen LogP contribution is 2.02. The molecule has 110 valence electrons. The molecule has 8 heteroatoms. The number of hydrogen-bond acceptors (Lipinski definition) is 4. The molecule has 0 atom stereocenters. The highest BCUT2D eigenvalue weighted by molar-refractivity contribution is 5.80. The zero-order chi connectivity index (χ0) is 14.4. The third-order valence-electron chi connectivity index (χ3n) is 3.33. The van der Waals surface area contributed by atoms with Crippen LogP contribution < -0.4 is 5.32 Å². The summed E-state index contributed by atoms with van der Waals surface area (Å²) in [6.07, 6.45) is 3.21. The number of carbonyl (C=O) groups excluding carboxylic acids is 1. The van der Waals surface area contributed by atoms with Gasteiger partial charge in [-0.15, -0.1) is 0 Å². The van der Waals surface area contributed by atoms with Gasteiger partial charge in [-0.2, -0.15) is 5.10 Å². The Kier molecular flexibility index (Phi) is 4.91. The second-order valence-corrected chi connectivity index (χ2v) is 4.63. The maximum absolute atomic E-state index is 11.3. The Balaban J connectivity index is 1.76. The maximum Gasteiger partial charge on any atom is 0.219 e. The minimum absolute atomic E-state index is 0.138. The van der Waals surface area contributed by atoms with Crippen molar-refractivity contribution in [1.29, 1.82) is 0 Å². The van der Waals surface area contributed by atoms with E-state index in [1.54, 1.807) is 25.0 Å². The summed E-state index contributed by atoms with van der Waals surface area (Å²) in [6.45, 7) is 6.21. The molecule has 0 bridgehead atoms. The van der Waals surface area contributed by atoms with E-state index in [1.165, 1.54) is 6.33 Å². The first-order valence-electron chi connectivity index (χ1n) is 6.74. The predicted octanol–water partition coefficient (Wildman–Crippen LogP) is -0.982. The molecule has 1 aliphatic heterocycles. The van der Waals surface area contributed by atoms with Crippen LogP contribution in [-0.4, -0.2) is 76.2 Å². The van der Waals surface area contributed by atoms with Gasteiger partial charge in [0.2, 0.25) is 5.91 Å². The van der Waals surface area contributed by atoms with Crippen LogP contribution in [0.3, 0.4) is 0 Å². The van der Waals surface area contributed by atoms with Gasteiger partial charge < -0.3 is 15.1 Å². The van der Waals surface area contributed by atoms with Crippen molar-refractivity contribution in [2.45, 2.75) is 13.5 Å². The second kappa shape index (κ2) is 6.88. The Morgan fingerprint density at radius 3 is 2.55 bits per heavy atom. The van der Waals surface area contributed by atoms with E-state index in [2.05, 4.69) is 25.3 Å². The topological polar surface area (TPSA) is 78.7 Å². The van der Waals surface area contributed by atoms with E-state index >= 15 is 0 Å². The van der Waals surface area contributed by atoms with Gasteiger partial charge in [0, 0.05) is 46.7 Å². The molecule has 1 N–H and O–H groups in total. The summed E-state index contributed by atoms with van der Waals surface area (Å²) in [6, 6.07) is 0. The van der Waals surface area contributed by atoms with Crippen molar-refractivity contribution in [3.63, 3.8) is 0 Å². The average Bonchev–Trinajstić information content (AvgIpc) is 2.97. The lowest BCUT2D eigenvalue weighted by Crippen LogP contribution is -2.53. The normalized spacial score (nSPS) is 16.4. The summed E-state index contributed by atoms with van der Waals surface area (Å²) in [5.74, 6) is 1.01. The summed E-state index contributed by atoms with van der Waals surface area (Å²) < 4.78 is 1.77. The summed E-state index contributed by atoms with van der Waals surface area (Å²) >= 11 is 0. The number of hydrogen-bond donors (Lipinski definition) is 1. The molecule has 0 unspecified atom stereocenters. The maximum atomic E-state index is 11.3. The number of aliphatic imine (C=N–C) groups is 1. The lowest BCUT2D eigenvalue weighted by atomic mass is 10.3. The van der Waals surface area contributed by atoms with Gasteiger partial charge in [-0.1, -0.05) is 0 Å². The number of amides is 1. The molecule has 0 saturated carbocycles. The molecule has 2 heterocycles. The van der Waals surface area contributed by atoms with Gasteiger partial charge >= 0.3 is 0 Å². The molecular formula is C12H21N7O. The van der Waals surface area contributed by atoms with E-state index in [1.807, 2.05) is 4.90 Å². The van der Waals surface area contributed by atoms with Gasteiger partial charge in [0.1, 0.15) is 12.7 Å². The van der Waals surface area contributed by atoms with Crippen molar-refractivity contribution in [3.8, 4) is 0 Å². The van der Waals surface area contributed by atoms with Crippen molar-refractivity contribution in [2.24, 2.45) is 4.99 Å². The summed E-state index contributed by atoms with van der Waals surface area (Å²) in [7, 11) is 1.77. The van der Waals surface area contributed by atoms with Gasteiger partial charge in [0.15, 0.2) is 5.96 Å². The first-order chi connectivity index (χ1) is 9.70. The van der Waals surface area contributed by atoms with Crippen LogP contribution in [0.1, 0.15) is 6.92 Å². The SMILES string of the molecule is CN=C(NCCn1cncn1)N1CCN(C(C)=O)CC1. The number of rotatable bonds is 3. The quantitative estimate of drug-likeness (QED) is 0.568. The number of guanidine groups is 1. The first kappa shape index (κ1) is 14.3. The Labute approximate surface area is 118 Å². The number of nitrogens with zero attached hydrogens (tertiary/aromatic N) is 6. The highest BCUT2D eigenvalue weighted by atomic mass is 16.2. The minimum atomic E-state index is 0.138. The number of aromatic nitrogens is 3. The lowest BCUT2D eigenvalue weighted by Gasteiger charge is -2.36. The molecule has 1 saturated heterocycles. The van der Waals surface area contributed by atoms with Crippen molar-refractivity contribution in [3.05, 3.63) is 12.7 Å². The molecule has 0 aliphatic carbocycles. The fraction of sp³-hybridized carbons (Fsp3) is 0.667. The molecule has 1 aromatic rings. The average molecular weight is 279 g/mol. The Morgan fingerprint density at radius 2 is 2.00 bits per heavy atom. The third kappa shape index (κ3) is 3.69. The Bertz CT molecular complexity index is 448. The number of piperazine rings is 1. The molecule has 20 heavy (non-hydrogen) atoms. The predicted molar refractivity (Wildman–Crippen MR) is 75.2 cm³/mol.